The number of nitrogens with one attached hydrogen (secondary N) is 2. The highest BCUT2D eigenvalue weighted by Crippen LogP contribution is 2.43. The van der Waals surface area contributed by atoms with Crippen LogP contribution < -0.4 is 16.4 Å². The molecular weight excluding hydrogens is 336 g/mol. The molecule has 3 amide bonds. The van der Waals surface area contributed by atoms with Gasteiger partial charge in [-0.25, -0.2) is 14.5 Å². The van der Waals surface area contributed by atoms with E-state index in [4.69, 9.17) is 10.5 Å². The summed E-state index contributed by atoms with van der Waals surface area (Å²) in [6, 6.07) is 7.09. The Morgan fingerprint density at radius 2 is 2.00 bits per heavy atom. The first-order valence-corrected chi connectivity index (χ1v) is 8.27. The van der Waals surface area contributed by atoms with Gasteiger partial charge in [0.15, 0.2) is 6.04 Å². The SMILES string of the molecule is C=C(N)NCCCC1(C)C(=O)N(C(=O)Nc2ccccc2)C1C(=O)OC. The number of hydrogen-bond donors (Lipinski definition) is 3. The molecule has 4 N–H and O–H groups in total. The van der Waals surface area contributed by atoms with E-state index in [9.17, 15) is 14.4 Å². The van der Waals surface area contributed by atoms with E-state index in [1.165, 1.54) is 7.11 Å². The van der Waals surface area contributed by atoms with Gasteiger partial charge < -0.3 is 21.1 Å². The highest BCUT2D eigenvalue weighted by Gasteiger charge is 2.63. The van der Waals surface area contributed by atoms with E-state index in [1.54, 1.807) is 31.2 Å². The van der Waals surface area contributed by atoms with E-state index in [1.807, 2.05) is 6.07 Å². The van der Waals surface area contributed by atoms with Crippen molar-refractivity contribution in [3.8, 4) is 0 Å². The topological polar surface area (TPSA) is 114 Å². The molecule has 0 bridgehead atoms. The second-order valence-electron chi connectivity index (χ2n) is 6.37. The highest BCUT2D eigenvalue weighted by molar-refractivity contribution is 6.13. The summed E-state index contributed by atoms with van der Waals surface area (Å²) in [5, 5.41) is 5.49. The zero-order valence-corrected chi connectivity index (χ0v) is 15.0. The number of methoxy groups -OCH3 is 1. The number of nitrogens with zero attached hydrogens (tertiary/aromatic N) is 1. The lowest BCUT2D eigenvalue weighted by molar-refractivity contribution is -0.178. The monoisotopic (exact) mass is 360 g/mol. The van der Waals surface area contributed by atoms with E-state index in [2.05, 4.69) is 17.2 Å². The number of urea groups is 1. The van der Waals surface area contributed by atoms with Crippen LogP contribution in [0.2, 0.25) is 0 Å². The van der Waals surface area contributed by atoms with Crippen LogP contribution in [0.1, 0.15) is 19.8 Å². The van der Waals surface area contributed by atoms with Crippen molar-refractivity contribution in [1.82, 2.24) is 10.2 Å². The van der Waals surface area contributed by atoms with Gasteiger partial charge in [-0.05, 0) is 31.9 Å². The largest absolute Gasteiger partial charge is 0.467 e. The summed E-state index contributed by atoms with van der Waals surface area (Å²) in [6.07, 6.45) is 0.987. The minimum absolute atomic E-state index is 0.337. The summed E-state index contributed by atoms with van der Waals surface area (Å²) in [5.41, 5.74) is 4.97. The zero-order valence-electron chi connectivity index (χ0n) is 15.0. The molecule has 1 saturated heterocycles. The molecule has 2 rings (SSSR count). The van der Waals surface area contributed by atoms with Crippen molar-refractivity contribution in [3.05, 3.63) is 42.7 Å². The maximum atomic E-state index is 12.7. The van der Waals surface area contributed by atoms with Crippen LogP contribution in [0.15, 0.2) is 42.7 Å². The highest BCUT2D eigenvalue weighted by atomic mass is 16.5. The molecule has 1 aromatic rings. The number of anilines is 1. The quantitative estimate of drug-likeness (QED) is 0.385. The smallest absolute Gasteiger partial charge is 0.330 e. The van der Waals surface area contributed by atoms with Crippen molar-refractivity contribution in [3.63, 3.8) is 0 Å². The normalized spacial score (nSPS) is 21.5. The van der Waals surface area contributed by atoms with E-state index >= 15 is 0 Å². The Bertz CT molecular complexity index is 706. The second-order valence-corrected chi connectivity index (χ2v) is 6.37. The molecule has 0 aliphatic carbocycles. The number of ether oxygens (including phenoxy) is 1. The molecule has 0 aromatic heterocycles. The number of esters is 1. The lowest BCUT2D eigenvalue weighted by Crippen LogP contribution is -2.73. The first-order chi connectivity index (χ1) is 12.3. The number of likely N-dealkylation sites (tertiary alicyclic amines) is 1. The van der Waals surface area contributed by atoms with Crippen LogP contribution in [-0.4, -0.2) is 42.5 Å². The van der Waals surface area contributed by atoms with Gasteiger partial charge in [-0.1, -0.05) is 24.8 Å². The number of β-lactam (4-membered cyclic amide) rings is 1. The minimum Gasteiger partial charge on any atom is -0.467 e. The molecule has 8 heteroatoms. The average molecular weight is 360 g/mol. The summed E-state index contributed by atoms with van der Waals surface area (Å²) < 4.78 is 4.81. The third-order valence-corrected chi connectivity index (χ3v) is 4.46. The summed E-state index contributed by atoms with van der Waals surface area (Å²) in [7, 11) is 1.23. The van der Waals surface area contributed by atoms with Crippen LogP contribution in [0.25, 0.3) is 0 Å². The van der Waals surface area contributed by atoms with Crippen LogP contribution in [-0.2, 0) is 14.3 Å². The van der Waals surface area contributed by atoms with Crippen molar-refractivity contribution in [1.29, 1.82) is 0 Å². The van der Waals surface area contributed by atoms with Crippen molar-refractivity contribution >= 4 is 23.6 Å². The standard InChI is InChI=1S/C18H24N4O4/c1-12(19)20-11-7-10-18(2)14(15(23)26-3)22(16(18)24)17(25)21-13-8-5-4-6-9-13/h4-6,8-9,14,20H,1,7,10-11,19H2,2-3H3,(H,21,25). The molecule has 26 heavy (non-hydrogen) atoms. The molecule has 1 fully saturated rings. The lowest BCUT2D eigenvalue weighted by atomic mass is 9.69. The van der Waals surface area contributed by atoms with E-state index in [-0.39, 0.29) is 0 Å². The van der Waals surface area contributed by atoms with Crippen LogP contribution in [0.4, 0.5) is 10.5 Å². The maximum absolute atomic E-state index is 12.7. The molecule has 8 nitrogen and oxygen atoms in total. The lowest BCUT2D eigenvalue weighted by Gasteiger charge is -2.51. The average Bonchev–Trinajstić information content (AvgIpc) is 2.62. The predicted molar refractivity (Wildman–Crippen MR) is 96.8 cm³/mol. The molecule has 0 saturated carbocycles. The predicted octanol–water partition coefficient (Wildman–Crippen LogP) is 1.41. The van der Waals surface area contributed by atoms with Gasteiger partial charge in [-0.3, -0.25) is 4.79 Å². The van der Waals surface area contributed by atoms with E-state index in [0.29, 0.717) is 30.9 Å². The number of benzene rings is 1. The number of imide groups is 1. The van der Waals surface area contributed by atoms with Gasteiger partial charge in [-0.15, -0.1) is 0 Å². The molecule has 2 atom stereocenters. The molecule has 1 aliphatic rings. The first-order valence-electron chi connectivity index (χ1n) is 8.27. The Kier molecular flexibility index (Phi) is 5.86. The number of hydrogen-bond acceptors (Lipinski definition) is 6. The van der Waals surface area contributed by atoms with Gasteiger partial charge in [0, 0.05) is 12.2 Å². The summed E-state index contributed by atoms with van der Waals surface area (Å²) in [4.78, 5) is 38.3. The summed E-state index contributed by atoms with van der Waals surface area (Å²) in [6.45, 7) is 5.72. The van der Waals surface area contributed by atoms with Crippen LogP contribution in [0, 0.1) is 5.41 Å². The fraction of sp³-hybridized carbons (Fsp3) is 0.389. The van der Waals surface area contributed by atoms with Gasteiger partial charge in [-0.2, -0.15) is 0 Å². The molecule has 1 aliphatic heterocycles. The second kappa shape index (κ2) is 7.90. The molecule has 0 radical (unpaired) electrons. The van der Waals surface area contributed by atoms with Gasteiger partial charge >= 0.3 is 12.0 Å². The number of nitrogens with two attached hydrogens (primary N) is 1. The molecule has 1 heterocycles. The Balaban J connectivity index is 2.09. The Morgan fingerprint density at radius 3 is 2.58 bits per heavy atom. The summed E-state index contributed by atoms with van der Waals surface area (Å²) >= 11 is 0. The number of amides is 3. The van der Waals surface area contributed by atoms with E-state index in [0.717, 1.165) is 4.90 Å². The Labute approximate surface area is 152 Å². The maximum Gasteiger partial charge on any atom is 0.330 e. The zero-order chi connectivity index (χ0) is 19.3. The van der Waals surface area contributed by atoms with Crippen LogP contribution in [0.3, 0.4) is 0 Å². The van der Waals surface area contributed by atoms with Gasteiger partial charge in [0.1, 0.15) is 0 Å². The third kappa shape index (κ3) is 3.79. The Morgan fingerprint density at radius 1 is 1.35 bits per heavy atom. The molecule has 0 spiro atoms. The van der Waals surface area contributed by atoms with Crippen molar-refractivity contribution in [2.45, 2.75) is 25.8 Å². The fourth-order valence-corrected chi connectivity index (χ4v) is 3.07. The van der Waals surface area contributed by atoms with Crippen LogP contribution in [0.5, 0.6) is 0 Å². The molecule has 140 valence electrons. The molecular formula is C18H24N4O4. The first kappa shape index (κ1) is 19.3. The number of para-hydroxylation sites is 1. The number of carbonyl (C=O) groups excluding carboxylic acids is 3. The summed E-state index contributed by atoms with van der Waals surface area (Å²) in [5.74, 6) is -0.692. The Hall–Kier alpha value is -3.03. The number of carbonyl (C=O) groups is 3. The van der Waals surface area contributed by atoms with Gasteiger partial charge in [0.2, 0.25) is 5.91 Å². The van der Waals surface area contributed by atoms with Gasteiger partial charge in [0.05, 0.1) is 18.3 Å². The molecule has 1 aromatic carbocycles. The van der Waals surface area contributed by atoms with Gasteiger partial charge in [0.25, 0.3) is 0 Å². The molecule has 2 unspecified atom stereocenters. The van der Waals surface area contributed by atoms with Crippen molar-refractivity contribution in [2.24, 2.45) is 11.1 Å². The van der Waals surface area contributed by atoms with Crippen molar-refractivity contribution < 1.29 is 19.1 Å². The minimum atomic E-state index is -1.00. The third-order valence-electron chi connectivity index (χ3n) is 4.46. The van der Waals surface area contributed by atoms with E-state index < -0.39 is 29.4 Å². The van der Waals surface area contributed by atoms with Crippen molar-refractivity contribution in [2.75, 3.05) is 19.0 Å². The van der Waals surface area contributed by atoms with Crippen LogP contribution >= 0.6 is 0 Å². The number of rotatable bonds is 7. The fourth-order valence-electron chi connectivity index (χ4n) is 3.07.